The summed E-state index contributed by atoms with van der Waals surface area (Å²) < 4.78 is 33.0. The fraction of sp³-hybridized carbons (Fsp3) is 0. The fourth-order valence-corrected chi connectivity index (χ4v) is 2.34. The molecule has 106 valence electrons. The first-order chi connectivity index (χ1) is 10.1. The maximum atomic E-state index is 13.8. The summed E-state index contributed by atoms with van der Waals surface area (Å²) >= 11 is 6.10. The minimum absolute atomic E-state index is 0.00156. The van der Waals surface area contributed by atoms with Crippen LogP contribution in [-0.2, 0) is 0 Å². The van der Waals surface area contributed by atoms with Gasteiger partial charge in [0.15, 0.2) is 17.4 Å². The maximum Gasteiger partial charge on any atom is 0.198 e. The highest BCUT2D eigenvalue weighted by Gasteiger charge is 2.14. The van der Waals surface area contributed by atoms with Crippen molar-refractivity contribution in [3.63, 3.8) is 0 Å². The van der Waals surface area contributed by atoms with Crippen LogP contribution in [0, 0.1) is 11.6 Å². The van der Waals surface area contributed by atoms with Crippen molar-refractivity contribution in [2.45, 2.75) is 0 Å². The third-order valence-electron chi connectivity index (χ3n) is 3.06. The Kier molecular flexibility index (Phi) is 3.39. The van der Waals surface area contributed by atoms with Crippen molar-refractivity contribution < 1.29 is 13.5 Å². The number of fused-ring (bicyclic) bond motifs is 1. The Morgan fingerprint density at radius 2 is 1.52 bits per heavy atom. The Bertz CT molecular complexity index is 813. The maximum absolute atomic E-state index is 13.8. The average Bonchev–Trinajstić information content (AvgIpc) is 2.45. The molecular weight excluding hydrogens is 296 g/mol. The van der Waals surface area contributed by atoms with E-state index in [0.29, 0.717) is 16.2 Å². The van der Waals surface area contributed by atoms with Gasteiger partial charge in [0, 0.05) is 33.6 Å². The zero-order valence-corrected chi connectivity index (χ0v) is 11.5. The predicted octanol–water partition coefficient (Wildman–Crippen LogP) is 5.15. The molecule has 0 bridgehead atoms. The molecule has 0 spiro atoms. The fourth-order valence-electron chi connectivity index (χ4n) is 2.11. The Balaban J connectivity index is 2.13. The van der Waals surface area contributed by atoms with Crippen LogP contribution in [0.3, 0.4) is 0 Å². The zero-order chi connectivity index (χ0) is 15.0. The normalized spacial score (nSPS) is 10.8. The molecule has 0 aliphatic rings. The van der Waals surface area contributed by atoms with Crippen LogP contribution in [0.25, 0.3) is 10.8 Å². The number of ether oxygens (including phenoxy) is 1. The van der Waals surface area contributed by atoms with E-state index in [1.165, 1.54) is 0 Å². The van der Waals surface area contributed by atoms with Gasteiger partial charge in [0.1, 0.15) is 5.75 Å². The molecule has 0 heterocycles. The first-order valence-electron chi connectivity index (χ1n) is 6.16. The summed E-state index contributed by atoms with van der Waals surface area (Å²) in [5.74, 6) is -1.88. The van der Waals surface area contributed by atoms with E-state index in [1.54, 1.807) is 30.3 Å². The summed E-state index contributed by atoms with van der Waals surface area (Å²) in [7, 11) is 0. The third-order valence-corrected chi connectivity index (χ3v) is 3.39. The molecule has 0 aliphatic heterocycles. The molecule has 0 aromatic heterocycles. The Morgan fingerprint density at radius 1 is 0.905 bits per heavy atom. The summed E-state index contributed by atoms with van der Waals surface area (Å²) in [5, 5.41) is 1.95. The number of rotatable bonds is 2. The van der Waals surface area contributed by atoms with Crippen molar-refractivity contribution in [2.24, 2.45) is 0 Å². The summed E-state index contributed by atoms with van der Waals surface area (Å²) in [6.07, 6.45) is 0. The van der Waals surface area contributed by atoms with Crippen molar-refractivity contribution >= 4 is 28.1 Å². The number of halogens is 3. The Labute approximate surface area is 124 Å². The van der Waals surface area contributed by atoms with Crippen molar-refractivity contribution in [1.29, 1.82) is 0 Å². The SMILES string of the molecule is Nc1cc(F)c(Oc2ccc(Cl)c3ccccc23)c(F)c1. The highest BCUT2D eigenvalue weighted by atomic mass is 35.5. The van der Waals surface area contributed by atoms with Gasteiger partial charge in [-0.25, -0.2) is 8.78 Å². The van der Waals surface area contributed by atoms with Crippen molar-refractivity contribution in [3.8, 4) is 11.5 Å². The lowest BCUT2D eigenvalue weighted by molar-refractivity contribution is 0.411. The number of hydrogen-bond donors (Lipinski definition) is 1. The van der Waals surface area contributed by atoms with Gasteiger partial charge in [0.25, 0.3) is 0 Å². The summed E-state index contributed by atoms with van der Waals surface area (Å²) in [6.45, 7) is 0. The van der Waals surface area contributed by atoms with Gasteiger partial charge in [-0.2, -0.15) is 0 Å². The van der Waals surface area contributed by atoms with E-state index in [9.17, 15) is 8.78 Å². The lowest BCUT2D eigenvalue weighted by Gasteiger charge is -2.11. The molecule has 0 unspecified atom stereocenters. The molecule has 21 heavy (non-hydrogen) atoms. The van der Waals surface area contributed by atoms with Crippen molar-refractivity contribution in [1.82, 2.24) is 0 Å². The van der Waals surface area contributed by atoms with Crippen LogP contribution in [0.2, 0.25) is 5.02 Å². The Hall–Kier alpha value is -2.33. The average molecular weight is 306 g/mol. The van der Waals surface area contributed by atoms with Gasteiger partial charge in [-0.15, -0.1) is 0 Å². The van der Waals surface area contributed by atoms with E-state index in [0.717, 1.165) is 17.5 Å². The number of anilines is 1. The molecule has 0 amide bonds. The van der Waals surface area contributed by atoms with Gasteiger partial charge < -0.3 is 10.5 Å². The van der Waals surface area contributed by atoms with Crippen LogP contribution in [0.4, 0.5) is 14.5 Å². The van der Waals surface area contributed by atoms with E-state index in [1.807, 2.05) is 6.07 Å². The molecule has 3 aromatic carbocycles. The first kappa shape index (κ1) is 13.6. The molecule has 5 heteroatoms. The van der Waals surface area contributed by atoms with Crippen LogP contribution in [0.1, 0.15) is 0 Å². The molecule has 0 aliphatic carbocycles. The van der Waals surface area contributed by atoms with Crippen molar-refractivity contribution in [2.75, 3.05) is 5.73 Å². The second kappa shape index (κ2) is 5.22. The molecule has 3 rings (SSSR count). The number of nitrogens with two attached hydrogens (primary N) is 1. The van der Waals surface area contributed by atoms with Crippen LogP contribution >= 0.6 is 11.6 Å². The van der Waals surface area contributed by atoms with E-state index >= 15 is 0 Å². The number of hydrogen-bond acceptors (Lipinski definition) is 2. The second-order valence-electron chi connectivity index (χ2n) is 4.51. The van der Waals surface area contributed by atoms with E-state index in [4.69, 9.17) is 22.1 Å². The highest BCUT2D eigenvalue weighted by Crippen LogP contribution is 2.36. The van der Waals surface area contributed by atoms with Gasteiger partial charge in [0.05, 0.1) is 0 Å². The minimum Gasteiger partial charge on any atom is -0.451 e. The molecule has 0 fully saturated rings. The molecule has 3 aromatic rings. The van der Waals surface area contributed by atoms with Crippen LogP contribution in [0.15, 0.2) is 48.5 Å². The molecule has 2 N–H and O–H groups in total. The van der Waals surface area contributed by atoms with Crippen LogP contribution < -0.4 is 10.5 Å². The number of nitrogen functional groups attached to an aromatic ring is 1. The molecule has 0 radical (unpaired) electrons. The highest BCUT2D eigenvalue weighted by molar-refractivity contribution is 6.35. The van der Waals surface area contributed by atoms with E-state index in [2.05, 4.69) is 0 Å². The summed E-state index contributed by atoms with van der Waals surface area (Å²) in [6, 6.07) is 12.4. The molecule has 0 saturated heterocycles. The van der Waals surface area contributed by atoms with Gasteiger partial charge in [-0.1, -0.05) is 35.9 Å². The number of benzene rings is 3. The largest absolute Gasteiger partial charge is 0.451 e. The van der Waals surface area contributed by atoms with E-state index in [-0.39, 0.29) is 5.69 Å². The lowest BCUT2D eigenvalue weighted by atomic mass is 10.1. The molecule has 0 atom stereocenters. The van der Waals surface area contributed by atoms with Crippen LogP contribution in [-0.4, -0.2) is 0 Å². The third kappa shape index (κ3) is 2.50. The van der Waals surface area contributed by atoms with Gasteiger partial charge in [-0.3, -0.25) is 0 Å². The second-order valence-corrected chi connectivity index (χ2v) is 4.91. The zero-order valence-electron chi connectivity index (χ0n) is 10.7. The molecular formula is C16H10ClF2NO. The minimum atomic E-state index is -0.855. The van der Waals surface area contributed by atoms with Crippen LogP contribution in [0.5, 0.6) is 11.5 Å². The van der Waals surface area contributed by atoms with Gasteiger partial charge >= 0.3 is 0 Å². The lowest BCUT2D eigenvalue weighted by Crippen LogP contribution is -1.96. The summed E-state index contributed by atoms with van der Waals surface area (Å²) in [5.41, 5.74) is 5.38. The molecule has 0 saturated carbocycles. The van der Waals surface area contributed by atoms with E-state index < -0.39 is 17.4 Å². The quantitative estimate of drug-likeness (QED) is 0.665. The topological polar surface area (TPSA) is 35.2 Å². The first-order valence-corrected chi connectivity index (χ1v) is 6.53. The van der Waals surface area contributed by atoms with Gasteiger partial charge in [-0.05, 0) is 12.1 Å². The Morgan fingerprint density at radius 3 is 2.19 bits per heavy atom. The summed E-state index contributed by atoms with van der Waals surface area (Å²) in [4.78, 5) is 0. The monoisotopic (exact) mass is 305 g/mol. The van der Waals surface area contributed by atoms with Crippen molar-refractivity contribution in [3.05, 3.63) is 65.2 Å². The molecule has 2 nitrogen and oxygen atoms in total. The smallest absolute Gasteiger partial charge is 0.198 e. The predicted molar refractivity (Wildman–Crippen MR) is 79.8 cm³/mol. The standard InChI is InChI=1S/C16H10ClF2NO/c17-12-5-6-15(11-4-2-1-3-10(11)12)21-16-13(18)7-9(20)8-14(16)19/h1-8H,20H2. The van der Waals surface area contributed by atoms with Gasteiger partial charge in [0.2, 0.25) is 0 Å².